The number of hydrogen-bond acceptors (Lipinski definition) is 3. The third kappa shape index (κ3) is 2.56. The summed E-state index contributed by atoms with van der Waals surface area (Å²) in [6, 6.07) is 0.507. The normalized spacial score (nSPS) is 22.5. The predicted octanol–water partition coefficient (Wildman–Crippen LogP) is 0.987. The first kappa shape index (κ1) is 9.68. The quantitative estimate of drug-likeness (QED) is 0.756. The molecule has 0 spiro atoms. The minimum atomic E-state index is 0.507. The number of nitrogens with zero attached hydrogens (tertiary/aromatic N) is 1. The lowest BCUT2D eigenvalue weighted by Crippen LogP contribution is -2.36. The van der Waals surface area contributed by atoms with E-state index in [1.54, 1.807) is 0 Å². The molecule has 14 heavy (non-hydrogen) atoms. The van der Waals surface area contributed by atoms with E-state index in [2.05, 4.69) is 15.3 Å². The number of aromatic amines is 1. The van der Waals surface area contributed by atoms with Crippen LogP contribution in [0.25, 0.3) is 0 Å². The van der Waals surface area contributed by atoms with Crippen LogP contribution in [0.1, 0.15) is 24.4 Å². The average molecular weight is 195 g/mol. The van der Waals surface area contributed by atoms with Crippen LogP contribution in [-0.2, 0) is 11.3 Å². The van der Waals surface area contributed by atoms with E-state index < -0.39 is 0 Å². The van der Waals surface area contributed by atoms with Crippen LogP contribution >= 0.6 is 0 Å². The fourth-order valence-electron chi connectivity index (χ4n) is 1.72. The molecule has 0 saturated carbocycles. The molecule has 1 aromatic heterocycles. The molecule has 0 aromatic carbocycles. The van der Waals surface area contributed by atoms with Crippen LogP contribution in [0.5, 0.6) is 0 Å². The number of H-pyrrole nitrogens is 1. The Morgan fingerprint density at radius 1 is 1.71 bits per heavy atom. The zero-order valence-electron chi connectivity index (χ0n) is 8.55. The molecular formula is C10H17N3O. The number of ether oxygens (including phenoxy) is 1. The van der Waals surface area contributed by atoms with Crippen molar-refractivity contribution in [2.45, 2.75) is 32.4 Å². The molecule has 1 aliphatic heterocycles. The van der Waals surface area contributed by atoms with Gasteiger partial charge in [-0.25, -0.2) is 4.98 Å². The molecule has 0 radical (unpaired) electrons. The van der Waals surface area contributed by atoms with Crippen LogP contribution in [0, 0.1) is 6.92 Å². The standard InChI is InChI=1S/C10H17N3O/c1-8-11-5-10(13-8)6-12-9-3-2-4-14-7-9/h5,9,12H,2-4,6-7H2,1H3,(H,11,13)/t9-/m0/s1. The van der Waals surface area contributed by atoms with Gasteiger partial charge in [-0.3, -0.25) is 0 Å². The molecule has 2 rings (SSSR count). The van der Waals surface area contributed by atoms with Crippen molar-refractivity contribution >= 4 is 0 Å². The summed E-state index contributed by atoms with van der Waals surface area (Å²) in [6.45, 7) is 4.58. The average Bonchev–Trinajstić information content (AvgIpc) is 2.63. The maximum atomic E-state index is 5.39. The molecule has 2 N–H and O–H groups in total. The highest BCUT2D eigenvalue weighted by Gasteiger charge is 2.12. The second kappa shape index (κ2) is 4.57. The van der Waals surface area contributed by atoms with Gasteiger partial charge in [0.05, 0.1) is 6.61 Å². The summed E-state index contributed by atoms with van der Waals surface area (Å²) in [4.78, 5) is 7.35. The van der Waals surface area contributed by atoms with Gasteiger partial charge in [-0.15, -0.1) is 0 Å². The monoisotopic (exact) mass is 195 g/mol. The van der Waals surface area contributed by atoms with E-state index in [1.165, 1.54) is 12.8 Å². The van der Waals surface area contributed by atoms with Crippen molar-refractivity contribution in [2.75, 3.05) is 13.2 Å². The summed E-state index contributed by atoms with van der Waals surface area (Å²) in [6.07, 6.45) is 4.26. The topological polar surface area (TPSA) is 49.9 Å². The lowest BCUT2D eigenvalue weighted by atomic mass is 10.1. The molecule has 1 saturated heterocycles. The highest BCUT2D eigenvalue weighted by Crippen LogP contribution is 2.06. The maximum absolute atomic E-state index is 5.39. The fraction of sp³-hybridized carbons (Fsp3) is 0.700. The van der Waals surface area contributed by atoms with E-state index in [1.807, 2.05) is 13.1 Å². The summed E-state index contributed by atoms with van der Waals surface area (Å²) in [5.41, 5.74) is 1.15. The van der Waals surface area contributed by atoms with Crippen molar-refractivity contribution in [3.63, 3.8) is 0 Å². The molecule has 1 aliphatic rings. The summed E-state index contributed by atoms with van der Waals surface area (Å²) in [5, 5.41) is 3.45. The van der Waals surface area contributed by atoms with Gasteiger partial charge in [0.25, 0.3) is 0 Å². The summed E-state index contributed by atoms with van der Waals surface area (Å²) in [5.74, 6) is 0.974. The molecule has 4 nitrogen and oxygen atoms in total. The van der Waals surface area contributed by atoms with Crippen LogP contribution in [-0.4, -0.2) is 29.2 Å². The molecule has 4 heteroatoms. The third-order valence-corrected chi connectivity index (χ3v) is 2.50. The first-order valence-electron chi connectivity index (χ1n) is 5.16. The number of imidazole rings is 1. The Balaban J connectivity index is 1.76. The van der Waals surface area contributed by atoms with Gasteiger partial charge in [0, 0.05) is 31.1 Å². The molecule has 0 aliphatic carbocycles. The largest absolute Gasteiger partial charge is 0.380 e. The van der Waals surface area contributed by atoms with Gasteiger partial charge in [0.15, 0.2) is 0 Å². The minimum absolute atomic E-state index is 0.507. The van der Waals surface area contributed by atoms with E-state index in [0.717, 1.165) is 31.3 Å². The first-order chi connectivity index (χ1) is 6.84. The molecule has 2 heterocycles. The zero-order valence-corrected chi connectivity index (χ0v) is 8.55. The number of aryl methyl sites for hydroxylation is 1. The van der Waals surface area contributed by atoms with Crippen LogP contribution in [0.3, 0.4) is 0 Å². The van der Waals surface area contributed by atoms with Gasteiger partial charge in [0.2, 0.25) is 0 Å². The highest BCUT2D eigenvalue weighted by molar-refractivity contribution is 4.99. The highest BCUT2D eigenvalue weighted by atomic mass is 16.5. The molecule has 1 aromatic rings. The summed E-state index contributed by atoms with van der Waals surface area (Å²) >= 11 is 0. The maximum Gasteiger partial charge on any atom is 0.103 e. The van der Waals surface area contributed by atoms with E-state index in [4.69, 9.17) is 4.74 Å². The molecule has 1 atom stereocenters. The van der Waals surface area contributed by atoms with Gasteiger partial charge >= 0.3 is 0 Å². The second-order valence-electron chi connectivity index (χ2n) is 3.79. The Labute approximate surface area is 84.1 Å². The van der Waals surface area contributed by atoms with Gasteiger partial charge in [0.1, 0.15) is 5.82 Å². The van der Waals surface area contributed by atoms with E-state index >= 15 is 0 Å². The fourth-order valence-corrected chi connectivity index (χ4v) is 1.72. The van der Waals surface area contributed by atoms with E-state index in [9.17, 15) is 0 Å². The number of nitrogens with one attached hydrogen (secondary N) is 2. The number of hydrogen-bond donors (Lipinski definition) is 2. The van der Waals surface area contributed by atoms with Crippen LogP contribution in [0.15, 0.2) is 6.20 Å². The second-order valence-corrected chi connectivity index (χ2v) is 3.79. The van der Waals surface area contributed by atoms with Gasteiger partial charge in [-0.1, -0.05) is 0 Å². The minimum Gasteiger partial charge on any atom is -0.380 e. The Bertz CT molecular complexity index is 279. The number of rotatable bonds is 3. The molecule has 0 amide bonds. The van der Waals surface area contributed by atoms with Gasteiger partial charge in [-0.05, 0) is 19.8 Å². The predicted molar refractivity (Wildman–Crippen MR) is 54.0 cm³/mol. The Kier molecular flexibility index (Phi) is 3.16. The van der Waals surface area contributed by atoms with E-state index in [0.29, 0.717) is 6.04 Å². The van der Waals surface area contributed by atoms with Crippen molar-refractivity contribution in [2.24, 2.45) is 0 Å². The van der Waals surface area contributed by atoms with Crippen molar-refractivity contribution in [1.29, 1.82) is 0 Å². The van der Waals surface area contributed by atoms with Crippen molar-refractivity contribution < 1.29 is 4.74 Å². The van der Waals surface area contributed by atoms with Crippen molar-refractivity contribution in [1.82, 2.24) is 15.3 Å². The molecule has 78 valence electrons. The van der Waals surface area contributed by atoms with Gasteiger partial charge in [-0.2, -0.15) is 0 Å². The number of aromatic nitrogens is 2. The van der Waals surface area contributed by atoms with Crippen LogP contribution < -0.4 is 5.32 Å². The van der Waals surface area contributed by atoms with E-state index in [-0.39, 0.29) is 0 Å². The van der Waals surface area contributed by atoms with Crippen LogP contribution in [0.2, 0.25) is 0 Å². The Hall–Kier alpha value is -0.870. The SMILES string of the molecule is Cc1ncc(CN[C@H]2CCCOC2)[nH]1. The van der Waals surface area contributed by atoms with Crippen molar-refractivity contribution in [3.05, 3.63) is 17.7 Å². The Morgan fingerprint density at radius 3 is 3.29 bits per heavy atom. The molecule has 1 fully saturated rings. The molecular weight excluding hydrogens is 178 g/mol. The molecule has 0 unspecified atom stereocenters. The summed E-state index contributed by atoms with van der Waals surface area (Å²) in [7, 11) is 0. The summed E-state index contributed by atoms with van der Waals surface area (Å²) < 4.78 is 5.39. The lowest BCUT2D eigenvalue weighted by Gasteiger charge is -2.22. The molecule has 0 bridgehead atoms. The third-order valence-electron chi connectivity index (χ3n) is 2.50. The van der Waals surface area contributed by atoms with Gasteiger partial charge < -0.3 is 15.0 Å². The zero-order chi connectivity index (χ0) is 9.80. The van der Waals surface area contributed by atoms with Crippen LogP contribution in [0.4, 0.5) is 0 Å². The smallest absolute Gasteiger partial charge is 0.103 e. The Morgan fingerprint density at radius 2 is 2.64 bits per heavy atom. The van der Waals surface area contributed by atoms with Crippen molar-refractivity contribution in [3.8, 4) is 0 Å². The lowest BCUT2D eigenvalue weighted by molar-refractivity contribution is 0.0698. The first-order valence-corrected chi connectivity index (χ1v) is 5.16.